The fourth-order valence-electron chi connectivity index (χ4n) is 6.89. The lowest BCUT2D eigenvalue weighted by Crippen LogP contribution is -2.40. The number of carbonyl (C=O) groups is 2. The fourth-order valence-corrected chi connectivity index (χ4v) is 8.26. The first-order valence-corrected chi connectivity index (χ1v) is 17.0. The Morgan fingerprint density at radius 3 is 2.72 bits per heavy atom. The van der Waals surface area contributed by atoms with Gasteiger partial charge in [-0.05, 0) is 61.6 Å². The maximum Gasteiger partial charge on any atom is 0.261 e. The highest BCUT2D eigenvalue weighted by molar-refractivity contribution is 7.17. The summed E-state index contributed by atoms with van der Waals surface area (Å²) in [5.74, 6) is 0.817. The van der Waals surface area contributed by atoms with Crippen LogP contribution >= 0.6 is 11.3 Å². The molecule has 0 bridgehead atoms. The number of hydrogen-bond donors (Lipinski definition) is 1. The molecule has 0 unspecified atom stereocenters. The number of aryl methyl sites for hydroxylation is 3. The largest absolute Gasteiger partial charge is 0.493 e. The van der Waals surface area contributed by atoms with Crippen molar-refractivity contribution < 1.29 is 23.1 Å². The van der Waals surface area contributed by atoms with Crippen molar-refractivity contribution in [2.45, 2.75) is 50.2 Å². The highest BCUT2D eigenvalue weighted by atomic mass is 32.1. The number of carbonyl (C=O) groups excluding carboxylic acids is 2. The number of nitrogens with one attached hydrogen (secondary N) is 1. The molecule has 6 heterocycles. The van der Waals surface area contributed by atoms with E-state index in [1.807, 2.05) is 35.2 Å². The van der Waals surface area contributed by atoms with Crippen LogP contribution in [0.1, 0.15) is 73.2 Å². The van der Waals surface area contributed by atoms with Gasteiger partial charge in [0.2, 0.25) is 11.8 Å². The van der Waals surface area contributed by atoms with Crippen molar-refractivity contribution in [1.29, 1.82) is 0 Å². The van der Waals surface area contributed by atoms with E-state index in [9.17, 15) is 14.0 Å². The minimum Gasteiger partial charge on any atom is -0.493 e. The van der Waals surface area contributed by atoms with Crippen LogP contribution in [-0.2, 0) is 12.8 Å². The van der Waals surface area contributed by atoms with Gasteiger partial charge in [-0.2, -0.15) is 0 Å². The molecule has 5 aromatic rings. The number of amides is 2. The van der Waals surface area contributed by atoms with E-state index in [2.05, 4.69) is 25.8 Å². The van der Waals surface area contributed by atoms with Gasteiger partial charge in [0.1, 0.15) is 11.6 Å². The van der Waals surface area contributed by atoms with Gasteiger partial charge in [-0.3, -0.25) is 14.6 Å². The molecule has 235 valence electrons. The van der Waals surface area contributed by atoms with E-state index in [0.717, 1.165) is 40.3 Å². The lowest BCUT2D eigenvalue weighted by Gasteiger charge is -2.19. The number of nitrogens with zero attached hydrogens (tertiary/aromatic N) is 4. The Bertz CT molecular complexity index is 2030. The number of halogens is 1. The molecule has 0 spiro atoms. The number of hydrogen-bond acceptors (Lipinski definition) is 8. The van der Waals surface area contributed by atoms with Crippen LogP contribution in [0.4, 0.5) is 4.39 Å². The van der Waals surface area contributed by atoms with Gasteiger partial charge in [-0.1, -0.05) is 30.3 Å². The van der Waals surface area contributed by atoms with Crippen LogP contribution in [0.3, 0.4) is 0 Å². The summed E-state index contributed by atoms with van der Waals surface area (Å²) in [6.45, 7) is 2.84. The molecular formula is C35H29FN5O4SSi. The van der Waals surface area contributed by atoms with Gasteiger partial charge in [0.25, 0.3) is 11.8 Å². The number of para-hydroxylation sites is 1. The molecular weight excluding hydrogens is 634 g/mol. The molecule has 1 N–H and O–H groups in total. The van der Waals surface area contributed by atoms with Gasteiger partial charge in [-0.25, -0.2) is 4.39 Å². The number of pyridine rings is 1. The quantitative estimate of drug-likeness (QED) is 0.210. The van der Waals surface area contributed by atoms with E-state index in [-0.39, 0.29) is 41.1 Å². The predicted molar refractivity (Wildman–Crippen MR) is 174 cm³/mol. The molecule has 12 heteroatoms. The molecule has 1 saturated heterocycles. The van der Waals surface area contributed by atoms with Crippen LogP contribution in [0.15, 0.2) is 65.1 Å². The van der Waals surface area contributed by atoms with Crippen molar-refractivity contribution >= 4 is 33.4 Å². The first-order valence-electron chi connectivity index (χ1n) is 15.6. The molecule has 1 fully saturated rings. The summed E-state index contributed by atoms with van der Waals surface area (Å²) in [6, 6.07) is 17.8. The minimum atomic E-state index is -0.356. The summed E-state index contributed by atoms with van der Waals surface area (Å²) in [7, 11) is 3.74. The van der Waals surface area contributed by atoms with Crippen LogP contribution in [0.2, 0.25) is 0 Å². The first-order chi connectivity index (χ1) is 22.9. The Labute approximate surface area is 277 Å². The standard InChI is InChI=1S/C35H29FN5O4SSi/c1-18-39-40-33(45-18)28-23(13-10-19-8-11-20(36)12-9-19)37-31-24-6-4-16-41(24)35(43)30(31)29(28)26-14-15-27(46-26)32(42)38-34(47)22-17-44-25-7-3-2-5-21(22)25/h2-3,5,7-9,11-12,14-15,22,24,34H,4,6,10,13,16-17H2,1H3,(H,38,42)/t22-,24+,34-/m1/s1. The predicted octanol–water partition coefficient (Wildman–Crippen LogP) is 5.78. The van der Waals surface area contributed by atoms with E-state index in [1.165, 1.54) is 23.5 Å². The van der Waals surface area contributed by atoms with Crippen molar-refractivity contribution in [3.63, 3.8) is 0 Å². The van der Waals surface area contributed by atoms with E-state index in [0.29, 0.717) is 59.1 Å². The second kappa shape index (κ2) is 11.8. The number of fused-ring (bicyclic) bond motifs is 4. The van der Waals surface area contributed by atoms with Crippen LogP contribution in [0.25, 0.3) is 21.9 Å². The van der Waals surface area contributed by atoms with Crippen LogP contribution < -0.4 is 10.1 Å². The molecule has 3 aromatic heterocycles. The van der Waals surface area contributed by atoms with Crippen molar-refractivity contribution in [3.05, 3.63) is 105 Å². The zero-order chi connectivity index (χ0) is 32.2. The number of rotatable bonds is 8. The third-order valence-electron chi connectivity index (χ3n) is 9.15. The molecule has 0 saturated carbocycles. The normalized spacial score (nSPS) is 18.5. The van der Waals surface area contributed by atoms with E-state index in [4.69, 9.17) is 14.1 Å². The summed E-state index contributed by atoms with van der Waals surface area (Å²) in [6.07, 6.45) is 2.83. The first kappa shape index (κ1) is 29.7. The Kier molecular flexibility index (Phi) is 7.48. The fraction of sp³-hybridized carbons (Fsp3) is 0.286. The van der Waals surface area contributed by atoms with Crippen LogP contribution in [-0.4, -0.2) is 61.0 Å². The number of ether oxygens (including phenoxy) is 1. The number of thiophene rings is 1. The van der Waals surface area contributed by atoms with Crippen molar-refractivity contribution in [2.24, 2.45) is 0 Å². The molecule has 3 aliphatic heterocycles. The van der Waals surface area contributed by atoms with Crippen molar-refractivity contribution in [1.82, 2.24) is 25.4 Å². The zero-order valence-corrected chi connectivity index (χ0v) is 27.3. The van der Waals surface area contributed by atoms with Crippen molar-refractivity contribution in [2.75, 3.05) is 13.2 Å². The highest BCUT2D eigenvalue weighted by Gasteiger charge is 2.45. The molecule has 9 nitrogen and oxygen atoms in total. The smallest absolute Gasteiger partial charge is 0.261 e. The topological polar surface area (TPSA) is 110 Å². The molecule has 47 heavy (non-hydrogen) atoms. The third kappa shape index (κ3) is 5.25. The molecule has 8 rings (SSSR count). The van der Waals surface area contributed by atoms with E-state index < -0.39 is 0 Å². The monoisotopic (exact) mass is 662 g/mol. The Hall–Kier alpha value is -4.68. The van der Waals surface area contributed by atoms with Gasteiger partial charge < -0.3 is 19.4 Å². The van der Waals surface area contributed by atoms with Gasteiger partial charge in [0, 0.05) is 41.1 Å². The van der Waals surface area contributed by atoms with E-state index >= 15 is 0 Å². The summed E-state index contributed by atoms with van der Waals surface area (Å²) >= 11 is 1.31. The summed E-state index contributed by atoms with van der Waals surface area (Å²) in [5.41, 5.74) is 4.87. The molecule has 3 atom stereocenters. The van der Waals surface area contributed by atoms with E-state index in [1.54, 1.807) is 25.1 Å². The summed E-state index contributed by atoms with van der Waals surface area (Å²) < 4.78 is 25.5. The summed E-state index contributed by atoms with van der Waals surface area (Å²) in [4.78, 5) is 35.9. The van der Waals surface area contributed by atoms with Gasteiger partial charge >= 0.3 is 0 Å². The van der Waals surface area contributed by atoms with Gasteiger partial charge in [0.15, 0.2) is 0 Å². The Morgan fingerprint density at radius 2 is 1.91 bits per heavy atom. The molecule has 3 radical (unpaired) electrons. The Morgan fingerprint density at radius 1 is 1.09 bits per heavy atom. The van der Waals surface area contributed by atoms with Gasteiger partial charge in [-0.15, -0.1) is 21.5 Å². The maximum atomic E-state index is 14.0. The highest BCUT2D eigenvalue weighted by Crippen LogP contribution is 2.49. The average molecular weight is 663 g/mol. The summed E-state index contributed by atoms with van der Waals surface area (Å²) in [5, 5.41) is 11.6. The second-order valence-corrected chi connectivity index (χ2v) is 13.8. The second-order valence-electron chi connectivity index (χ2n) is 12.0. The Balaban J connectivity index is 1.19. The third-order valence-corrected chi connectivity index (χ3v) is 10.8. The number of aromatic nitrogens is 3. The van der Waals surface area contributed by atoms with Gasteiger partial charge in [0.05, 0.1) is 50.3 Å². The molecule has 2 aromatic carbocycles. The van der Waals surface area contributed by atoms with Crippen LogP contribution in [0.5, 0.6) is 5.75 Å². The lowest BCUT2D eigenvalue weighted by atomic mass is 9.93. The average Bonchev–Trinajstić information content (AvgIpc) is 3.91. The molecule has 3 aliphatic rings. The van der Waals surface area contributed by atoms with Crippen molar-refractivity contribution in [3.8, 4) is 27.6 Å². The molecule has 2 amide bonds. The van der Waals surface area contributed by atoms with Crippen LogP contribution in [0, 0.1) is 12.7 Å². The number of benzene rings is 2. The lowest BCUT2D eigenvalue weighted by molar-refractivity contribution is 0.0776. The molecule has 0 aliphatic carbocycles. The SMILES string of the molecule is Cc1nnc(-c2c(CCc3ccc(F)cc3)nc3c(c2-c2ccc(C(=O)N[C@H]([Si])[C@@H]4COc5ccccc54)s2)C(=O)N2CCC[C@@H]32)o1. The maximum absolute atomic E-state index is 14.0. The zero-order valence-electron chi connectivity index (χ0n) is 25.5. The minimum absolute atomic E-state index is 0.0446.